The average Bonchev–Trinajstić information content (AvgIpc) is 3.26. The molecule has 0 spiro atoms. The number of nitrogens with zero attached hydrogens (tertiary/aromatic N) is 2. The van der Waals surface area contributed by atoms with Crippen LogP contribution in [0, 0.1) is 0 Å². The average molecular weight is 442 g/mol. The largest absolute Gasteiger partial charge is 0.466 e. The molecule has 0 fully saturated rings. The second-order valence-electron chi connectivity index (χ2n) is 7.76. The van der Waals surface area contributed by atoms with E-state index >= 15 is 0 Å². The van der Waals surface area contributed by atoms with Crippen LogP contribution in [0.5, 0.6) is 0 Å². The number of ether oxygens (including phenoxy) is 1. The van der Waals surface area contributed by atoms with Crippen molar-refractivity contribution in [3.63, 3.8) is 0 Å². The fourth-order valence-electron chi connectivity index (χ4n) is 3.98. The standard InChI is InChI=1S/C28H29N2O3/c1-2-32-26(31)20-12-13-21-33-30(25-18-10-5-11-19-25)22-29-27(23-14-6-3-7-15-23)28(30)24-16-8-4-9-17-24/h3-11,14-19,22H,2,12-13,20-21H2,1H3/q+1. The van der Waals surface area contributed by atoms with E-state index in [0.29, 0.717) is 26.1 Å². The van der Waals surface area contributed by atoms with Gasteiger partial charge in [0.1, 0.15) is 12.3 Å². The van der Waals surface area contributed by atoms with Crippen LogP contribution in [0.3, 0.4) is 0 Å². The van der Waals surface area contributed by atoms with E-state index in [9.17, 15) is 4.79 Å². The van der Waals surface area contributed by atoms with E-state index in [1.54, 1.807) is 0 Å². The van der Waals surface area contributed by atoms with Gasteiger partial charge >= 0.3 is 5.97 Å². The Kier molecular flexibility index (Phi) is 7.45. The molecule has 0 aliphatic carbocycles. The number of benzene rings is 3. The van der Waals surface area contributed by atoms with Gasteiger partial charge < -0.3 is 4.74 Å². The molecule has 0 bridgehead atoms. The number of carbonyl (C=O) groups excluding carboxylic acids is 1. The van der Waals surface area contributed by atoms with Crippen LogP contribution in [0.1, 0.15) is 37.3 Å². The zero-order valence-electron chi connectivity index (χ0n) is 18.9. The highest BCUT2D eigenvalue weighted by atomic mass is 16.7. The maximum Gasteiger partial charge on any atom is 0.305 e. The maximum atomic E-state index is 11.7. The molecule has 0 saturated heterocycles. The van der Waals surface area contributed by atoms with Gasteiger partial charge in [0.2, 0.25) is 12.0 Å². The lowest BCUT2D eigenvalue weighted by atomic mass is 10.0. The SMILES string of the molecule is CCOC(=O)CCCCO[N+]1(c2ccccc2)C=NC(c2ccccc2)=C1c1ccccc1. The first-order valence-electron chi connectivity index (χ1n) is 11.4. The van der Waals surface area contributed by atoms with Gasteiger partial charge in [-0.2, -0.15) is 9.83 Å². The summed E-state index contributed by atoms with van der Waals surface area (Å²) in [5, 5.41) is 0. The molecule has 0 N–H and O–H groups in total. The Bertz CT molecular complexity index is 1110. The van der Waals surface area contributed by atoms with Gasteiger partial charge in [-0.05, 0) is 31.9 Å². The van der Waals surface area contributed by atoms with Gasteiger partial charge in [0.15, 0.2) is 5.69 Å². The quantitative estimate of drug-likeness (QED) is 0.213. The zero-order valence-corrected chi connectivity index (χ0v) is 18.9. The molecule has 0 radical (unpaired) electrons. The monoisotopic (exact) mass is 441 g/mol. The minimum Gasteiger partial charge on any atom is -0.466 e. The molecular formula is C28H29N2O3+. The molecular weight excluding hydrogens is 412 g/mol. The summed E-state index contributed by atoms with van der Waals surface area (Å²) < 4.78 is 5.10. The summed E-state index contributed by atoms with van der Waals surface area (Å²) in [5.41, 5.74) is 4.91. The van der Waals surface area contributed by atoms with Crippen LogP contribution in [0.25, 0.3) is 11.4 Å². The first-order valence-corrected chi connectivity index (χ1v) is 11.4. The molecule has 1 atom stereocenters. The van der Waals surface area contributed by atoms with Gasteiger partial charge in [-0.3, -0.25) is 4.79 Å². The Hall–Kier alpha value is -3.54. The molecule has 0 amide bonds. The van der Waals surface area contributed by atoms with Gasteiger partial charge in [0.25, 0.3) is 0 Å². The smallest absolute Gasteiger partial charge is 0.305 e. The molecule has 0 saturated carbocycles. The number of esters is 1. The fourth-order valence-corrected chi connectivity index (χ4v) is 3.98. The number of aliphatic imine (C=N–C) groups is 1. The van der Waals surface area contributed by atoms with Crippen LogP contribution in [-0.4, -0.2) is 25.5 Å². The van der Waals surface area contributed by atoms with Crippen LogP contribution in [0.2, 0.25) is 0 Å². The minimum absolute atomic E-state index is 0.0640. The van der Waals surface area contributed by atoms with Crippen molar-refractivity contribution in [3.05, 3.63) is 102 Å². The normalized spacial score (nSPS) is 17.4. The number of carbonyl (C=O) groups is 1. The van der Waals surface area contributed by atoms with Crippen molar-refractivity contribution >= 4 is 29.4 Å². The first kappa shape index (κ1) is 22.6. The number of rotatable bonds is 10. The van der Waals surface area contributed by atoms with Gasteiger partial charge in [0.05, 0.1) is 6.61 Å². The van der Waals surface area contributed by atoms with Crippen molar-refractivity contribution in [2.45, 2.75) is 26.2 Å². The molecule has 1 unspecified atom stereocenters. The zero-order chi connectivity index (χ0) is 22.9. The van der Waals surface area contributed by atoms with Crippen LogP contribution in [0.15, 0.2) is 96.0 Å². The Balaban J connectivity index is 1.70. The molecule has 5 heteroatoms. The molecule has 1 aliphatic heterocycles. The van der Waals surface area contributed by atoms with Crippen molar-refractivity contribution < 1.29 is 14.4 Å². The van der Waals surface area contributed by atoms with E-state index in [4.69, 9.17) is 14.6 Å². The second-order valence-corrected chi connectivity index (χ2v) is 7.76. The highest BCUT2D eigenvalue weighted by Gasteiger charge is 2.45. The summed E-state index contributed by atoms with van der Waals surface area (Å²) in [6, 6.07) is 30.6. The second kappa shape index (κ2) is 10.9. The van der Waals surface area contributed by atoms with E-state index in [0.717, 1.165) is 34.6 Å². The molecule has 4 rings (SSSR count). The van der Waals surface area contributed by atoms with Crippen molar-refractivity contribution in [3.8, 4) is 0 Å². The van der Waals surface area contributed by atoms with E-state index < -0.39 is 0 Å². The summed E-state index contributed by atoms with van der Waals surface area (Å²) in [4.78, 5) is 23.2. The van der Waals surface area contributed by atoms with Crippen LogP contribution in [-0.2, 0) is 14.4 Å². The lowest BCUT2D eigenvalue weighted by molar-refractivity contribution is -0.143. The third-order valence-electron chi connectivity index (χ3n) is 5.52. The van der Waals surface area contributed by atoms with Gasteiger partial charge in [-0.25, -0.2) is 0 Å². The van der Waals surface area contributed by atoms with E-state index in [-0.39, 0.29) is 10.6 Å². The highest BCUT2D eigenvalue weighted by molar-refractivity contribution is 6.07. The number of para-hydroxylation sites is 1. The lowest BCUT2D eigenvalue weighted by Crippen LogP contribution is -2.44. The number of quaternary nitrogens is 1. The van der Waals surface area contributed by atoms with Gasteiger partial charge in [0, 0.05) is 29.7 Å². The molecule has 5 nitrogen and oxygen atoms in total. The summed E-state index contributed by atoms with van der Waals surface area (Å²) >= 11 is 0. The Morgan fingerprint density at radius 2 is 1.42 bits per heavy atom. The molecule has 3 aromatic carbocycles. The summed E-state index contributed by atoms with van der Waals surface area (Å²) in [7, 11) is 0. The summed E-state index contributed by atoms with van der Waals surface area (Å²) in [5.74, 6) is -0.163. The Morgan fingerprint density at radius 3 is 2.06 bits per heavy atom. The number of hydrogen-bond acceptors (Lipinski definition) is 4. The van der Waals surface area contributed by atoms with E-state index in [2.05, 4.69) is 36.4 Å². The molecule has 0 aromatic heterocycles. The molecule has 1 heterocycles. The van der Waals surface area contributed by atoms with Crippen molar-refractivity contribution in [1.29, 1.82) is 0 Å². The van der Waals surface area contributed by atoms with Gasteiger partial charge in [-0.15, -0.1) is 0 Å². The highest BCUT2D eigenvalue weighted by Crippen LogP contribution is 2.43. The maximum absolute atomic E-state index is 11.7. The van der Waals surface area contributed by atoms with Crippen LogP contribution < -0.4 is 4.65 Å². The molecule has 1 aliphatic rings. The summed E-state index contributed by atoms with van der Waals surface area (Å²) in [6.07, 6.45) is 3.71. The van der Waals surface area contributed by atoms with Crippen molar-refractivity contribution in [2.24, 2.45) is 4.99 Å². The third-order valence-corrected chi connectivity index (χ3v) is 5.52. The van der Waals surface area contributed by atoms with Crippen LogP contribution >= 0.6 is 0 Å². The number of hydrogen-bond donors (Lipinski definition) is 0. The van der Waals surface area contributed by atoms with E-state index in [1.165, 1.54) is 0 Å². The topological polar surface area (TPSA) is 47.9 Å². The minimum atomic E-state index is -0.163. The number of hydroxylamine groups is 2. The molecule has 168 valence electrons. The predicted octanol–water partition coefficient (Wildman–Crippen LogP) is 6.23. The first-order chi connectivity index (χ1) is 16.2. The van der Waals surface area contributed by atoms with Gasteiger partial charge in [-0.1, -0.05) is 71.4 Å². The van der Waals surface area contributed by atoms with Crippen LogP contribution in [0.4, 0.5) is 5.69 Å². The lowest BCUT2D eigenvalue weighted by Gasteiger charge is -2.29. The van der Waals surface area contributed by atoms with Crippen molar-refractivity contribution in [1.82, 2.24) is 4.65 Å². The predicted molar refractivity (Wildman–Crippen MR) is 133 cm³/mol. The molecule has 3 aromatic rings. The third kappa shape index (κ3) is 5.11. The summed E-state index contributed by atoms with van der Waals surface area (Å²) in [6.45, 7) is 2.70. The van der Waals surface area contributed by atoms with Crippen molar-refractivity contribution in [2.75, 3.05) is 13.2 Å². The number of unbranched alkanes of at least 4 members (excludes halogenated alkanes) is 1. The molecule has 33 heavy (non-hydrogen) atoms. The fraction of sp³-hybridized carbons (Fsp3) is 0.214. The Morgan fingerprint density at radius 1 is 0.818 bits per heavy atom. The van der Waals surface area contributed by atoms with E-state index in [1.807, 2.05) is 67.9 Å². The Labute approximate surface area is 195 Å².